The number of carbonyl (C=O) groups excluding carboxylic acids is 1. The van der Waals surface area contributed by atoms with Crippen LogP contribution < -0.4 is 0 Å². The van der Waals surface area contributed by atoms with E-state index in [0.29, 0.717) is 23.9 Å². The minimum Gasteiger partial charge on any atom is -0.505 e. The molecule has 1 saturated carbocycles. The molecule has 118 valence electrons. The molecule has 0 radical (unpaired) electrons. The minimum absolute atomic E-state index is 0.0198. The fourth-order valence-electron chi connectivity index (χ4n) is 3.28. The fourth-order valence-corrected chi connectivity index (χ4v) is 3.28. The summed E-state index contributed by atoms with van der Waals surface area (Å²) in [4.78, 5) is 13.7. The summed E-state index contributed by atoms with van der Waals surface area (Å²) in [6.07, 6.45) is 7.76. The first-order valence-electron chi connectivity index (χ1n) is 7.70. The molecule has 1 aliphatic heterocycles. The van der Waals surface area contributed by atoms with Crippen molar-refractivity contribution in [1.29, 1.82) is 0 Å². The van der Waals surface area contributed by atoms with Crippen molar-refractivity contribution in [2.24, 2.45) is 11.8 Å². The predicted molar refractivity (Wildman–Crippen MR) is 79.6 cm³/mol. The first kappa shape index (κ1) is 15.0. The number of rotatable bonds is 3. The summed E-state index contributed by atoms with van der Waals surface area (Å²) in [7, 11) is 0. The fraction of sp³-hybridized carbons (Fsp3) is 0.471. The van der Waals surface area contributed by atoms with Gasteiger partial charge in [-0.25, -0.2) is 4.39 Å². The molecule has 0 aromatic heterocycles. The average Bonchev–Trinajstić information content (AvgIpc) is 2.86. The molecular formula is C17H20FNO3. The van der Waals surface area contributed by atoms with E-state index in [2.05, 4.69) is 0 Å². The normalized spacial score (nSPS) is 25.0. The Kier molecular flexibility index (Phi) is 4.16. The van der Waals surface area contributed by atoms with Crippen LogP contribution in [0.25, 0.3) is 0 Å². The quantitative estimate of drug-likeness (QED) is 0.902. The summed E-state index contributed by atoms with van der Waals surface area (Å²) < 4.78 is 13.9. The second-order valence-electron chi connectivity index (χ2n) is 6.17. The molecule has 0 unspecified atom stereocenters. The largest absolute Gasteiger partial charge is 0.505 e. The Labute approximate surface area is 128 Å². The Bertz CT molecular complexity index is 606. The summed E-state index contributed by atoms with van der Waals surface area (Å²) in [6.45, 7) is 0.590. The molecule has 3 rings (SSSR count). The zero-order chi connectivity index (χ0) is 15.7. The van der Waals surface area contributed by atoms with Gasteiger partial charge in [0.05, 0.1) is 12.1 Å². The van der Waals surface area contributed by atoms with Crippen LogP contribution in [0.1, 0.15) is 41.6 Å². The lowest BCUT2D eigenvalue weighted by Gasteiger charge is -2.25. The van der Waals surface area contributed by atoms with E-state index in [1.807, 2.05) is 6.08 Å². The van der Waals surface area contributed by atoms with Crippen LogP contribution in [-0.2, 0) is 6.54 Å². The van der Waals surface area contributed by atoms with Crippen LogP contribution in [0, 0.1) is 17.7 Å². The highest BCUT2D eigenvalue weighted by Gasteiger charge is 2.31. The lowest BCUT2D eigenvalue weighted by Crippen LogP contribution is -2.19. The third kappa shape index (κ3) is 2.73. The van der Waals surface area contributed by atoms with Gasteiger partial charge in [-0.3, -0.25) is 4.79 Å². The molecule has 0 spiro atoms. The summed E-state index contributed by atoms with van der Waals surface area (Å²) >= 11 is 0. The van der Waals surface area contributed by atoms with Crippen LogP contribution in [0.15, 0.2) is 24.4 Å². The zero-order valence-electron chi connectivity index (χ0n) is 12.3. The van der Waals surface area contributed by atoms with Crippen LogP contribution in [0.2, 0.25) is 0 Å². The van der Waals surface area contributed by atoms with Crippen molar-refractivity contribution in [3.63, 3.8) is 0 Å². The van der Waals surface area contributed by atoms with Crippen molar-refractivity contribution in [1.82, 2.24) is 4.90 Å². The lowest BCUT2D eigenvalue weighted by atomic mass is 9.82. The van der Waals surface area contributed by atoms with E-state index in [1.165, 1.54) is 11.0 Å². The van der Waals surface area contributed by atoms with E-state index in [1.54, 1.807) is 12.3 Å². The first-order valence-corrected chi connectivity index (χ1v) is 7.70. The third-order valence-corrected chi connectivity index (χ3v) is 4.71. The standard InChI is InChI=1S/C17H20FNO3/c18-16-14(21)6-5-13-9-19(17(22)15(13)16)8-7-11-1-3-12(10-20)4-2-11/h5-8,11-12,20-21H,1-4,9-10H2. The van der Waals surface area contributed by atoms with Gasteiger partial charge in [-0.2, -0.15) is 0 Å². The van der Waals surface area contributed by atoms with Crippen molar-refractivity contribution in [3.05, 3.63) is 41.4 Å². The van der Waals surface area contributed by atoms with Gasteiger partial charge in [0, 0.05) is 12.8 Å². The molecule has 5 heteroatoms. The molecule has 2 aliphatic rings. The van der Waals surface area contributed by atoms with Gasteiger partial charge in [0.15, 0.2) is 11.6 Å². The second-order valence-corrected chi connectivity index (χ2v) is 6.17. The van der Waals surface area contributed by atoms with Gasteiger partial charge < -0.3 is 15.1 Å². The highest BCUT2D eigenvalue weighted by Crippen LogP contribution is 2.32. The van der Waals surface area contributed by atoms with Gasteiger partial charge in [0.25, 0.3) is 5.91 Å². The van der Waals surface area contributed by atoms with Crippen molar-refractivity contribution in [3.8, 4) is 5.75 Å². The summed E-state index contributed by atoms with van der Waals surface area (Å²) in [5.74, 6) is -0.914. The topological polar surface area (TPSA) is 60.8 Å². The third-order valence-electron chi connectivity index (χ3n) is 4.71. The number of aromatic hydroxyl groups is 1. The van der Waals surface area contributed by atoms with Crippen LogP contribution in [0.3, 0.4) is 0 Å². The number of benzene rings is 1. The number of phenolic OH excluding ortho intramolecular Hbond substituents is 1. The van der Waals surface area contributed by atoms with Crippen molar-refractivity contribution >= 4 is 5.91 Å². The number of aliphatic hydroxyl groups excluding tert-OH is 1. The average molecular weight is 305 g/mol. The van der Waals surface area contributed by atoms with Crippen molar-refractivity contribution in [2.75, 3.05) is 6.61 Å². The molecule has 0 bridgehead atoms. The Balaban J connectivity index is 1.67. The number of hydrogen-bond acceptors (Lipinski definition) is 3. The highest BCUT2D eigenvalue weighted by atomic mass is 19.1. The van der Waals surface area contributed by atoms with E-state index in [-0.39, 0.29) is 12.2 Å². The maximum absolute atomic E-state index is 13.9. The van der Waals surface area contributed by atoms with E-state index in [0.717, 1.165) is 25.7 Å². The van der Waals surface area contributed by atoms with E-state index < -0.39 is 17.5 Å². The molecule has 1 aliphatic carbocycles. The van der Waals surface area contributed by atoms with Gasteiger partial charge in [-0.05, 0) is 49.1 Å². The number of allylic oxidation sites excluding steroid dienone is 1. The molecule has 1 aromatic carbocycles. The SMILES string of the molecule is O=C1c2c(ccc(O)c2F)CN1C=CC1CCC(CO)CC1. The van der Waals surface area contributed by atoms with Crippen LogP contribution >= 0.6 is 0 Å². The molecule has 2 N–H and O–H groups in total. The number of carbonyl (C=O) groups is 1. The number of fused-ring (bicyclic) bond motifs is 1. The summed E-state index contributed by atoms with van der Waals surface area (Å²) in [5, 5.41) is 18.5. The molecule has 0 saturated heterocycles. The Morgan fingerprint density at radius 3 is 2.68 bits per heavy atom. The van der Waals surface area contributed by atoms with Crippen molar-refractivity contribution < 1.29 is 19.4 Å². The zero-order valence-corrected chi connectivity index (χ0v) is 12.3. The number of amides is 1. The second kappa shape index (κ2) is 6.08. The molecule has 1 fully saturated rings. The Hall–Kier alpha value is -1.88. The molecule has 22 heavy (non-hydrogen) atoms. The number of halogens is 1. The molecule has 1 amide bonds. The van der Waals surface area contributed by atoms with E-state index in [9.17, 15) is 14.3 Å². The Morgan fingerprint density at radius 1 is 1.27 bits per heavy atom. The molecule has 1 aromatic rings. The smallest absolute Gasteiger partial charge is 0.261 e. The monoisotopic (exact) mass is 305 g/mol. The van der Waals surface area contributed by atoms with E-state index in [4.69, 9.17) is 5.11 Å². The van der Waals surface area contributed by atoms with Gasteiger partial charge >= 0.3 is 0 Å². The van der Waals surface area contributed by atoms with E-state index >= 15 is 0 Å². The number of aliphatic hydroxyl groups is 1. The van der Waals surface area contributed by atoms with Crippen LogP contribution in [0.5, 0.6) is 5.75 Å². The highest BCUT2D eigenvalue weighted by molar-refractivity contribution is 5.99. The van der Waals surface area contributed by atoms with Gasteiger partial charge in [0.1, 0.15) is 0 Å². The molecule has 4 nitrogen and oxygen atoms in total. The maximum Gasteiger partial charge on any atom is 0.261 e. The number of hydrogen-bond donors (Lipinski definition) is 2. The number of phenols is 1. The van der Waals surface area contributed by atoms with Gasteiger partial charge in [-0.15, -0.1) is 0 Å². The minimum atomic E-state index is -0.832. The molecule has 0 atom stereocenters. The lowest BCUT2D eigenvalue weighted by molar-refractivity contribution is 0.0837. The number of nitrogens with zero attached hydrogens (tertiary/aromatic N) is 1. The van der Waals surface area contributed by atoms with Crippen LogP contribution in [0.4, 0.5) is 4.39 Å². The van der Waals surface area contributed by atoms with Crippen LogP contribution in [-0.4, -0.2) is 27.6 Å². The maximum atomic E-state index is 13.9. The predicted octanol–water partition coefficient (Wildman–Crippen LogP) is 2.80. The molecular weight excluding hydrogens is 285 g/mol. The molecule has 1 heterocycles. The van der Waals surface area contributed by atoms with Gasteiger partial charge in [0.2, 0.25) is 0 Å². The Morgan fingerprint density at radius 2 is 2.00 bits per heavy atom. The van der Waals surface area contributed by atoms with Crippen molar-refractivity contribution in [2.45, 2.75) is 32.2 Å². The van der Waals surface area contributed by atoms with Gasteiger partial charge in [-0.1, -0.05) is 12.1 Å². The summed E-state index contributed by atoms with van der Waals surface area (Å²) in [6, 6.07) is 2.87. The first-order chi connectivity index (χ1) is 10.6. The summed E-state index contributed by atoms with van der Waals surface area (Å²) in [5.41, 5.74) is 0.586.